The van der Waals surface area contributed by atoms with Gasteiger partial charge >= 0.3 is 0 Å². The minimum Gasteiger partial charge on any atom is -0.497 e. The Balaban J connectivity index is 1.54. The van der Waals surface area contributed by atoms with Crippen molar-refractivity contribution in [3.8, 4) is 11.4 Å². The number of hydrogen-bond donors (Lipinski definition) is 1. The third kappa shape index (κ3) is 4.80. The quantitative estimate of drug-likeness (QED) is 0.590. The molecule has 3 aromatic rings. The molecule has 0 saturated carbocycles. The molecule has 7 nitrogen and oxygen atoms in total. The van der Waals surface area contributed by atoms with Crippen molar-refractivity contribution in [2.75, 3.05) is 40.0 Å². The van der Waals surface area contributed by atoms with E-state index in [9.17, 15) is 4.79 Å². The SMILES string of the molecule is COc1ccc([C@H](CNC(=O)c2c(C)nn(-c3ccccc3)c2Cl)N2CCOCC2)cc1. The van der Waals surface area contributed by atoms with Gasteiger partial charge in [-0.25, -0.2) is 4.68 Å². The van der Waals surface area contributed by atoms with Crippen LogP contribution in [0.1, 0.15) is 27.7 Å². The molecule has 1 aliphatic heterocycles. The lowest BCUT2D eigenvalue weighted by Crippen LogP contribution is -2.43. The van der Waals surface area contributed by atoms with Gasteiger partial charge in [0.2, 0.25) is 0 Å². The van der Waals surface area contributed by atoms with Crippen molar-refractivity contribution < 1.29 is 14.3 Å². The molecule has 32 heavy (non-hydrogen) atoms. The number of benzene rings is 2. The van der Waals surface area contributed by atoms with E-state index in [1.165, 1.54) is 0 Å². The van der Waals surface area contributed by atoms with Gasteiger partial charge in [0, 0.05) is 19.6 Å². The second kappa shape index (κ2) is 10.2. The number of halogens is 1. The summed E-state index contributed by atoms with van der Waals surface area (Å²) in [7, 11) is 1.65. The van der Waals surface area contributed by atoms with Crippen LogP contribution in [-0.2, 0) is 4.74 Å². The normalized spacial score (nSPS) is 15.3. The first kappa shape index (κ1) is 22.3. The Bertz CT molecular complexity index is 1050. The summed E-state index contributed by atoms with van der Waals surface area (Å²) in [4.78, 5) is 15.5. The molecule has 2 aromatic carbocycles. The van der Waals surface area contributed by atoms with Crippen LogP contribution in [0.3, 0.4) is 0 Å². The third-order valence-corrected chi connectivity index (χ3v) is 6.02. The average Bonchev–Trinajstić information content (AvgIpc) is 3.14. The highest BCUT2D eigenvalue weighted by atomic mass is 35.5. The van der Waals surface area contributed by atoms with Crippen LogP contribution in [0.4, 0.5) is 0 Å². The van der Waals surface area contributed by atoms with E-state index in [1.54, 1.807) is 18.7 Å². The number of rotatable bonds is 7. The highest BCUT2D eigenvalue weighted by Crippen LogP contribution is 2.26. The van der Waals surface area contributed by atoms with Crippen LogP contribution >= 0.6 is 11.6 Å². The van der Waals surface area contributed by atoms with E-state index in [4.69, 9.17) is 21.1 Å². The van der Waals surface area contributed by atoms with E-state index < -0.39 is 0 Å². The molecule has 1 N–H and O–H groups in total. The van der Waals surface area contributed by atoms with Gasteiger partial charge < -0.3 is 14.8 Å². The molecule has 0 bridgehead atoms. The zero-order valence-electron chi connectivity index (χ0n) is 18.3. The van der Waals surface area contributed by atoms with Gasteiger partial charge in [-0.05, 0) is 36.8 Å². The lowest BCUT2D eigenvalue weighted by molar-refractivity contribution is 0.0162. The maximum absolute atomic E-state index is 13.1. The second-order valence-corrected chi connectivity index (χ2v) is 8.00. The number of nitrogens with zero attached hydrogens (tertiary/aromatic N) is 3. The average molecular weight is 455 g/mol. The monoisotopic (exact) mass is 454 g/mol. The highest BCUT2D eigenvalue weighted by molar-refractivity contribution is 6.33. The maximum atomic E-state index is 13.1. The van der Waals surface area contributed by atoms with E-state index in [1.807, 2.05) is 54.6 Å². The minimum absolute atomic E-state index is 0.0111. The molecular formula is C24H27ClN4O3. The minimum atomic E-state index is -0.235. The highest BCUT2D eigenvalue weighted by Gasteiger charge is 2.26. The van der Waals surface area contributed by atoms with Gasteiger partial charge in [0.1, 0.15) is 10.9 Å². The first-order valence-corrected chi connectivity index (χ1v) is 11.0. The lowest BCUT2D eigenvalue weighted by Gasteiger charge is -2.35. The molecule has 168 valence electrons. The van der Waals surface area contributed by atoms with Crippen molar-refractivity contribution in [1.82, 2.24) is 20.0 Å². The predicted molar refractivity (Wildman–Crippen MR) is 124 cm³/mol. The van der Waals surface area contributed by atoms with E-state index in [0.29, 0.717) is 36.2 Å². The molecule has 1 atom stereocenters. The summed E-state index contributed by atoms with van der Waals surface area (Å²) in [6.07, 6.45) is 0. The smallest absolute Gasteiger partial charge is 0.256 e. The van der Waals surface area contributed by atoms with E-state index in [2.05, 4.69) is 15.3 Å². The standard InChI is InChI=1S/C24H27ClN4O3/c1-17-22(23(25)29(27-17)19-6-4-3-5-7-19)24(30)26-16-21(28-12-14-32-15-13-28)18-8-10-20(31-2)11-9-18/h3-11,21H,12-16H2,1-2H3,(H,26,30)/t21-/m0/s1. The second-order valence-electron chi connectivity index (χ2n) is 7.65. The number of nitrogens with one attached hydrogen (secondary N) is 1. The Hall–Kier alpha value is -2.87. The number of carbonyl (C=O) groups is 1. The molecule has 1 aliphatic rings. The number of hydrogen-bond acceptors (Lipinski definition) is 5. The third-order valence-electron chi connectivity index (χ3n) is 5.67. The molecule has 4 rings (SSSR count). The van der Waals surface area contributed by atoms with Crippen molar-refractivity contribution in [2.45, 2.75) is 13.0 Å². The Morgan fingerprint density at radius 2 is 1.84 bits per heavy atom. The van der Waals surface area contributed by atoms with Crippen LogP contribution in [0.25, 0.3) is 5.69 Å². The molecule has 0 unspecified atom stereocenters. The molecule has 1 aromatic heterocycles. The molecule has 1 amide bonds. The first-order valence-electron chi connectivity index (χ1n) is 10.6. The van der Waals surface area contributed by atoms with E-state index >= 15 is 0 Å². The summed E-state index contributed by atoms with van der Waals surface area (Å²) >= 11 is 6.57. The summed E-state index contributed by atoms with van der Waals surface area (Å²) < 4.78 is 12.4. The summed E-state index contributed by atoms with van der Waals surface area (Å²) in [6, 6.07) is 17.5. The number of aromatic nitrogens is 2. The van der Waals surface area contributed by atoms with Gasteiger partial charge in [-0.2, -0.15) is 5.10 Å². The van der Waals surface area contributed by atoms with Crippen molar-refractivity contribution in [1.29, 1.82) is 0 Å². The Morgan fingerprint density at radius 3 is 2.50 bits per heavy atom. The van der Waals surface area contributed by atoms with Crippen LogP contribution in [0.5, 0.6) is 5.75 Å². The molecule has 8 heteroatoms. The molecule has 0 spiro atoms. The number of ether oxygens (including phenoxy) is 2. The number of para-hydroxylation sites is 1. The molecular weight excluding hydrogens is 428 g/mol. The Kier molecular flexibility index (Phi) is 7.09. The van der Waals surface area contributed by atoms with Gasteiger partial charge in [0.05, 0.1) is 43.3 Å². The maximum Gasteiger partial charge on any atom is 0.256 e. The zero-order chi connectivity index (χ0) is 22.5. The Morgan fingerprint density at radius 1 is 1.16 bits per heavy atom. The van der Waals surface area contributed by atoms with Gasteiger partial charge in [-0.3, -0.25) is 9.69 Å². The molecule has 1 fully saturated rings. The number of aryl methyl sites for hydroxylation is 1. The fourth-order valence-electron chi connectivity index (χ4n) is 3.95. The number of carbonyl (C=O) groups excluding carboxylic acids is 1. The van der Waals surface area contributed by atoms with Crippen LogP contribution in [0, 0.1) is 6.92 Å². The van der Waals surface area contributed by atoms with Crippen molar-refractivity contribution in [3.05, 3.63) is 76.6 Å². The van der Waals surface area contributed by atoms with Gasteiger partial charge in [0.25, 0.3) is 5.91 Å². The van der Waals surface area contributed by atoms with Gasteiger partial charge in [-0.1, -0.05) is 41.9 Å². The zero-order valence-corrected chi connectivity index (χ0v) is 19.0. The van der Waals surface area contributed by atoms with E-state index in [0.717, 1.165) is 30.1 Å². The number of morpholine rings is 1. The topological polar surface area (TPSA) is 68.6 Å². The number of amides is 1. The van der Waals surface area contributed by atoms with Crippen molar-refractivity contribution >= 4 is 17.5 Å². The summed E-state index contributed by atoms with van der Waals surface area (Å²) in [5.41, 5.74) is 2.90. The van der Waals surface area contributed by atoms with Gasteiger partial charge in [0.15, 0.2) is 0 Å². The fourth-order valence-corrected chi connectivity index (χ4v) is 4.31. The molecule has 0 radical (unpaired) electrons. The summed E-state index contributed by atoms with van der Waals surface area (Å²) in [5.74, 6) is 0.565. The van der Waals surface area contributed by atoms with E-state index in [-0.39, 0.29) is 11.9 Å². The van der Waals surface area contributed by atoms with Gasteiger partial charge in [-0.15, -0.1) is 0 Å². The molecule has 0 aliphatic carbocycles. The fraction of sp³-hybridized carbons (Fsp3) is 0.333. The Labute approximate surface area is 192 Å². The summed E-state index contributed by atoms with van der Waals surface area (Å²) in [6.45, 7) is 5.20. The number of methoxy groups -OCH3 is 1. The summed E-state index contributed by atoms with van der Waals surface area (Å²) in [5, 5.41) is 7.86. The molecule has 2 heterocycles. The van der Waals surface area contributed by atoms with Crippen LogP contribution in [-0.4, -0.2) is 60.5 Å². The van der Waals surface area contributed by atoms with Crippen molar-refractivity contribution in [2.24, 2.45) is 0 Å². The first-order chi connectivity index (χ1) is 15.6. The van der Waals surface area contributed by atoms with Crippen LogP contribution in [0.15, 0.2) is 54.6 Å². The largest absolute Gasteiger partial charge is 0.497 e. The van der Waals surface area contributed by atoms with Crippen LogP contribution in [0.2, 0.25) is 5.15 Å². The van der Waals surface area contributed by atoms with Crippen molar-refractivity contribution in [3.63, 3.8) is 0 Å². The molecule has 1 saturated heterocycles. The predicted octanol–water partition coefficient (Wildman–Crippen LogP) is 3.65. The van der Waals surface area contributed by atoms with Crippen LogP contribution < -0.4 is 10.1 Å². The lowest BCUT2D eigenvalue weighted by atomic mass is 10.0.